The summed E-state index contributed by atoms with van der Waals surface area (Å²) in [5.41, 5.74) is 0. The van der Waals surface area contributed by atoms with Crippen LogP contribution >= 0.6 is 0 Å². The molecule has 2 atom stereocenters. The van der Waals surface area contributed by atoms with E-state index < -0.39 is 23.9 Å². The van der Waals surface area contributed by atoms with Crippen LogP contribution in [0.5, 0.6) is 0 Å². The van der Waals surface area contributed by atoms with Crippen LogP contribution in [0.25, 0.3) is 0 Å². The van der Waals surface area contributed by atoms with Crippen molar-refractivity contribution in [3.63, 3.8) is 0 Å². The fourth-order valence-corrected chi connectivity index (χ4v) is 1.45. The first-order valence-corrected chi connectivity index (χ1v) is 5.49. The topological polar surface area (TPSA) is 116 Å². The summed E-state index contributed by atoms with van der Waals surface area (Å²) in [6, 6.07) is -1.56. The van der Waals surface area contributed by atoms with E-state index in [9.17, 15) is 19.2 Å². The van der Waals surface area contributed by atoms with Crippen LogP contribution in [0.3, 0.4) is 0 Å². The van der Waals surface area contributed by atoms with Gasteiger partial charge in [-0.3, -0.25) is 19.2 Å². The number of nitrogens with one attached hydrogen (secondary N) is 4. The summed E-state index contributed by atoms with van der Waals surface area (Å²) in [5, 5.41) is 9.85. The fourth-order valence-electron chi connectivity index (χ4n) is 1.45. The van der Waals surface area contributed by atoms with Gasteiger partial charge < -0.3 is 21.3 Å². The molecule has 4 amide bonds. The molecule has 1 rings (SSSR count). The van der Waals surface area contributed by atoms with Gasteiger partial charge in [-0.1, -0.05) is 0 Å². The Morgan fingerprint density at radius 2 is 1.28 bits per heavy atom. The molecular formula is C10H16N4O4. The van der Waals surface area contributed by atoms with E-state index in [0.29, 0.717) is 0 Å². The maximum atomic E-state index is 11.6. The van der Waals surface area contributed by atoms with Gasteiger partial charge in [-0.2, -0.15) is 0 Å². The van der Waals surface area contributed by atoms with Gasteiger partial charge in [0.2, 0.25) is 23.6 Å². The van der Waals surface area contributed by atoms with E-state index >= 15 is 0 Å². The Labute approximate surface area is 104 Å². The van der Waals surface area contributed by atoms with Crippen molar-refractivity contribution in [2.24, 2.45) is 0 Å². The molecular weight excluding hydrogens is 240 g/mol. The maximum Gasteiger partial charge on any atom is 0.245 e. The molecule has 100 valence electrons. The lowest BCUT2D eigenvalue weighted by molar-refractivity contribution is -0.137. The van der Waals surface area contributed by atoms with Crippen molar-refractivity contribution in [1.29, 1.82) is 0 Å². The third kappa shape index (κ3) is 4.04. The van der Waals surface area contributed by atoms with E-state index in [0.717, 1.165) is 0 Å². The van der Waals surface area contributed by atoms with E-state index in [2.05, 4.69) is 21.3 Å². The molecule has 1 saturated heterocycles. The van der Waals surface area contributed by atoms with Crippen molar-refractivity contribution >= 4 is 23.6 Å². The zero-order valence-corrected chi connectivity index (χ0v) is 10.2. The van der Waals surface area contributed by atoms with E-state index in [1.54, 1.807) is 0 Å². The normalized spacial score (nSPS) is 22.8. The molecule has 2 unspecified atom stereocenters. The minimum absolute atomic E-state index is 0.0414. The van der Waals surface area contributed by atoms with Gasteiger partial charge >= 0.3 is 0 Å². The Hall–Kier alpha value is -2.12. The van der Waals surface area contributed by atoms with Crippen molar-refractivity contribution in [2.45, 2.75) is 25.9 Å². The molecule has 0 aromatic rings. The standard InChI is InChI=1S/C10H16N4O4/c1-5(15)11-3-7-9(17)14-8(10(18)13-7)4-12-6(2)16/h7-8H,3-4H2,1-2H3,(H,11,15)(H,12,16)(H,13,18)(H,14,17). The highest BCUT2D eigenvalue weighted by atomic mass is 16.2. The minimum Gasteiger partial charge on any atom is -0.354 e. The minimum atomic E-state index is -0.782. The van der Waals surface area contributed by atoms with Gasteiger partial charge in [0.15, 0.2) is 0 Å². The van der Waals surface area contributed by atoms with Gasteiger partial charge in [0, 0.05) is 26.9 Å². The molecule has 0 bridgehead atoms. The Bertz CT molecular complexity index is 346. The van der Waals surface area contributed by atoms with E-state index in [1.165, 1.54) is 13.8 Å². The van der Waals surface area contributed by atoms with Crippen molar-refractivity contribution < 1.29 is 19.2 Å². The molecule has 0 radical (unpaired) electrons. The summed E-state index contributed by atoms with van der Waals surface area (Å²) in [4.78, 5) is 44.7. The van der Waals surface area contributed by atoms with E-state index in [1.807, 2.05) is 0 Å². The predicted molar refractivity (Wildman–Crippen MR) is 61.2 cm³/mol. The monoisotopic (exact) mass is 256 g/mol. The molecule has 0 aromatic carbocycles. The van der Waals surface area contributed by atoms with Crippen molar-refractivity contribution in [2.75, 3.05) is 13.1 Å². The maximum absolute atomic E-state index is 11.6. The van der Waals surface area contributed by atoms with E-state index in [4.69, 9.17) is 0 Å². The predicted octanol–water partition coefficient (Wildman–Crippen LogP) is -2.76. The number of carbonyl (C=O) groups is 4. The number of amides is 4. The number of hydrogen-bond acceptors (Lipinski definition) is 4. The SMILES string of the molecule is CC(=O)NCC1NC(=O)C(CNC(C)=O)NC1=O. The van der Waals surface area contributed by atoms with Gasteiger partial charge in [-0.05, 0) is 0 Å². The lowest BCUT2D eigenvalue weighted by Gasteiger charge is -2.29. The third-order valence-electron chi connectivity index (χ3n) is 2.38. The number of carbonyl (C=O) groups excluding carboxylic acids is 4. The molecule has 4 N–H and O–H groups in total. The first kappa shape index (κ1) is 13.9. The third-order valence-corrected chi connectivity index (χ3v) is 2.38. The summed E-state index contributed by atoms with van der Waals surface area (Å²) in [7, 11) is 0. The van der Waals surface area contributed by atoms with Gasteiger partial charge in [0.05, 0.1) is 0 Å². The molecule has 18 heavy (non-hydrogen) atoms. The van der Waals surface area contributed by atoms with Crippen LogP contribution < -0.4 is 21.3 Å². The van der Waals surface area contributed by atoms with Gasteiger partial charge in [0.1, 0.15) is 12.1 Å². The summed E-state index contributed by atoms with van der Waals surface area (Å²) in [6.07, 6.45) is 0. The van der Waals surface area contributed by atoms with Gasteiger partial charge in [-0.25, -0.2) is 0 Å². The highest BCUT2D eigenvalue weighted by Crippen LogP contribution is 1.96. The second kappa shape index (κ2) is 5.99. The van der Waals surface area contributed by atoms with Crippen molar-refractivity contribution in [3.8, 4) is 0 Å². The fraction of sp³-hybridized carbons (Fsp3) is 0.600. The summed E-state index contributed by atoms with van der Waals surface area (Å²) >= 11 is 0. The molecule has 1 aliphatic rings. The van der Waals surface area contributed by atoms with E-state index in [-0.39, 0.29) is 24.9 Å². The van der Waals surface area contributed by atoms with Crippen LogP contribution in [0.4, 0.5) is 0 Å². The molecule has 0 aliphatic carbocycles. The zero-order valence-electron chi connectivity index (χ0n) is 10.2. The average Bonchev–Trinajstić information content (AvgIpc) is 2.27. The second-order valence-corrected chi connectivity index (χ2v) is 4.00. The lowest BCUT2D eigenvalue weighted by atomic mass is 10.1. The summed E-state index contributed by atoms with van der Waals surface area (Å²) < 4.78 is 0. The second-order valence-electron chi connectivity index (χ2n) is 4.00. The van der Waals surface area contributed by atoms with Gasteiger partial charge in [0.25, 0.3) is 0 Å². The largest absolute Gasteiger partial charge is 0.354 e. The first-order chi connectivity index (χ1) is 8.40. The van der Waals surface area contributed by atoms with Crippen LogP contribution in [0.1, 0.15) is 13.8 Å². The van der Waals surface area contributed by atoms with Crippen LogP contribution in [0, 0.1) is 0 Å². The molecule has 0 saturated carbocycles. The smallest absolute Gasteiger partial charge is 0.245 e. The van der Waals surface area contributed by atoms with Crippen molar-refractivity contribution in [1.82, 2.24) is 21.3 Å². The molecule has 8 heteroatoms. The quantitative estimate of drug-likeness (QED) is 0.436. The first-order valence-electron chi connectivity index (χ1n) is 5.49. The van der Waals surface area contributed by atoms with Crippen LogP contribution in [-0.2, 0) is 19.2 Å². The molecule has 0 spiro atoms. The summed E-state index contributed by atoms with van der Waals surface area (Å²) in [6.45, 7) is 2.73. The highest BCUT2D eigenvalue weighted by molar-refractivity contribution is 5.97. The van der Waals surface area contributed by atoms with Gasteiger partial charge in [-0.15, -0.1) is 0 Å². The number of piperazine rings is 1. The number of hydrogen-bond donors (Lipinski definition) is 4. The molecule has 1 fully saturated rings. The average molecular weight is 256 g/mol. The van der Waals surface area contributed by atoms with Crippen LogP contribution in [0.2, 0.25) is 0 Å². The van der Waals surface area contributed by atoms with Crippen molar-refractivity contribution in [3.05, 3.63) is 0 Å². The lowest BCUT2D eigenvalue weighted by Crippen LogP contribution is -2.66. The Balaban J connectivity index is 2.48. The number of rotatable bonds is 4. The summed E-state index contributed by atoms with van der Waals surface area (Å²) in [5.74, 6) is -1.34. The van der Waals surface area contributed by atoms with Crippen LogP contribution in [0.15, 0.2) is 0 Å². The van der Waals surface area contributed by atoms with Crippen LogP contribution in [-0.4, -0.2) is 48.8 Å². The molecule has 8 nitrogen and oxygen atoms in total. The Kier molecular flexibility index (Phi) is 4.64. The molecule has 0 aromatic heterocycles. The molecule has 1 heterocycles. The Morgan fingerprint density at radius 1 is 0.944 bits per heavy atom. The Morgan fingerprint density at radius 3 is 1.56 bits per heavy atom. The zero-order chi connectivity index (χ0) is 13.7. The molecule has 1 aliphatic heterocycles. The highest BCUT2D eigenvalue weighted by Gasteiger charge is 2.33.